The van der Waals surface area contributed by atoms with Gasteiger partial charge < -0.3 is 10.2 Å². The number of carbonyl (C=O) groups is 2. The number of hydrogen-bond donors (Lipinski definition) is 3. The number of aryl methyl sites for hydroxylation is 1. The van der Waals surface area contributed by atoms with Crippen molar-refractivity contribution in [3.63, 3.8) is 0 Å². The minimum absolute atomic E-state index is 0.0469. The fourth-order valence-corrected chi connectivity index (χ4v) is 2.81. The number of nitrogens with zero attached hydrogens (tertiary/aromatic N) is 1. The van der Waals surface area contributed by atoms with Crippen molar-refractivity contribution in [3.8, 4) is 0 Å². The smallest absolute Gasteiger partial charge is 0.243 e. The van der Waals surface area contributed by atoms with E-state index in [-0.39, 0.29) is 23.8 Å². The summed E-state index contributed by atoms with van der Waals surface area (Å²) in [5.74, 6) is -0.686. The highest BCUT2D eigenvalue weighted by atomic mass is 32.1. The van der Waals surface area contributed by atoms with Crippen LogP contribution >= 0.6 is 12.2 Å². The van der Waals surface area contributed by atoms with Crippen molar-refractivity contribution in [2.75, 3.05) is 11.4 Å². The van der Waals surface area contributed by atoms with E-state index in [9.17, 15) is 9.59 Å². The Morgan fingerprint density at radius 3 is 2.42 bits per heavy atom. The van der Waals surface area contributed by atoms with E-state index >= 15 is 0 Å². The van der Waals surface area contributed by atoms with Gasteiger partial charge in [0.25, 0.3) is 0 Å². The largest absolute Gasteiger partial charge is 0.357 e. The van der Waals surface area contributed by atoms with E-state index in [1.54, 1.807) is 4.90 Å². The minimum atomic E-state index is -0.399. The lowest BCUT2D eigenvalue weighted by Gasteiger charge is -2.23. The Bertz CT molecular complexity index is 637. The van der Waals surface area contributed by atoms with Gasteiger partial charge >= 0.3 is 0 Å². The first-order valence-electron chi connectivity index (χ1n) is 7.91. The molecule has 0 bridgehead atoms. The van der Waals surface area contributed by atoms with Crippen molar-refractivity contribution in [2.45, 2.75) is 39.7 Å². The van der Waals surface area contributed by atoms with Crippen molar-refractivity contribution >= 4 is 34.8 Å². The van der Waals surface area contributed by atoms with Gasteiger partial charge in [0.05, 0.1) is 5.92 Å². The zero-order valence-electron chi connectivity index (χ0n) is 14.5. The first-order valence-corrected chi connectivity index (χ1v) is 8.31. The van der Waals surface area contributed by atoms with Crippen LogP contribution in [0.5, 0.6) is 0 Å². The normalized spacial score (nSPS) is 17.6. The second-order valence-electron chi connectivity index (χ2n) is 7.06. The highest BCUT2D eigenvalue weighted by Gasteiger charge is 2.35. The summed E-state index contributed by atoms with van der Waals surface area (Å²) in [5.41, 5.74) is 7.01. The van der Waals surface area contributed by atoms with Crippen molar-refractivity contribution in [1.29, 1.82) is 0 Å². The summed E-state index contributed by atoms with van der Waals surface area (Å²) >= 11 is 5.12. The molecule has 1 aliphatic rings. The predicted molar refractivity (Wildman–Crippen MR) is 98.4 cm³/mol. The van der Waals surface area contributed by atoms with Gasteiger partial charge in [0.2, 0.25) is 11.8 Å². The summed E-state index contributed by atoms with van der Waals surface area (Å²) in [6.45, 7) is 8.27. The van der Waals surface area contributed by atoms with E-state index in [4.69, 9.17) is 12.2 Å². The molecule has 1 fully saturated rings. The molecule has 130 valence electrons. The topological polar surface area (TPSA) is 73.5 Å². The van der Waals surface area contributed by atoms with Crippen LogP contribution in [-0.2, 0) is 9.59 Å². The number of benzene rings is 1. The predicted octanol–water partition coefficient (Wildman–Crippen LogP) is 1.64. The number of anilines is 1. The molecule has 24 heavy (non-hydrogen) atoms. The number of hydrogen-bond acceptors (Lipinski definition) is 3. The molecule has 1 heterocycles. The third-order valence-electron chi connectivity index (χ3n) is 3.63. The molecular weight excluding hydrogens is 324 g/mol. The molecule has 0 spiro atoms. The van der Waals surface area contributed by atoms with Gasteiger partial charge in [-0.2, -0.15) is 0 Å². The maximum absolute atomic E-state index is 12.3. The lowest BCUT2D eigenvalue weighted by Crippen LogP contribution is -2.53. The van der Waals surface area contributed by atoms with Gasteiger partial charge in [-0.3, -0.25) is 20.4 Å². The number of amides is 2. The van der Waals surface area contributed by atoms with Crippen LogP contribution in [0.15, 0.2) is 24.3 Å². The SMILES string of the molecule is Cc1ccc(N2C[C@@H](C(=O)NNC(=S)NC(C)(C)C)CC2=O)cc1. The Labute approximate surface area is 148 Å². The van der Waals surface area contributed by atoms with E-state index < -0.39 is 5.92 Å². The summed E-state index contributed by atoms with van der Waals surface area (Å²) in [5, 5.41) is 3.39. The van der Waals surface area contributed by atoms with Crippen LogP contribution in [0.4, 0.5) is 5.69 Å². The zero-order chi connectivity index (χ0) is 17.9. The summed E-state index contributed by atoms with van der Waals surface area (Å²) < 4.78 is 0. The Hall–Kier alpha value is -2.15. The molecule has 0 unspecified atom stereocenters. The van der Waals surface area contributed by atoms with Crippen LogP contribution in [0.3, 0.4) is 0 Å². The number of rotatable bonds is 2. The summed E-state index contributed by atoms with van der Waals surface area (Å²) in [4.78, 5) is 26.1. The number of thiocarbonyl (C=S) groups is 1. The molecule has 7 heteroatoms. The monoisotopic (exact) mass is 348 g/mol. The van der Waals surface area contributed by atoms with Crippen LogP contribution in [0, 0.1) is 12.8 Å². The Morgan fingerprint density at radius 1 is 1.21 bits per heavy atom. The standard InChI is InChI=1S/C17H24N4O2S/c1-11-5-7-13(8-6-11)21-10-12(9-14(21)22)15(23)19-20-16(24)18-17(2,3)4/h5-8,12H,9-10H2,1-4H3,(H,19,23)(H2,18,20,24)/t12-/m0/s1. The average Bonchev–Trinajstić information content (AvgIpc) is 2.86. The molecule has 3 N–H and O–H groups in total. The molecule has 1 atom stereocenters. The van der Waals surface area contributed by atoms with Gasteiger partial charge in [-0.15, -0.1) is 0 Å². The van der Waals surface area contributed by atoms with Crippen molar-refractivity contribution in [2.24, 2.45) is 5.92 Å². The van der Waals surface area contributed by atoms with Crippen LogP contribution < -0.4 is 21.1 Å². The fourth-order valence-electron chi connectivity index (χ4n) is 2.45. The van der Waals surface area contributed by atoms with Crippen molar-refractivity contribution in [3.05, 3.63) is 29.8 Å². The maximum atomic E-state index is 12.3. The van der Waals surface area contributed by atoms with E-state index in [0.29, 0.717) is 11.7 Å². The second-order valence-corrected chi connectivity index (χ2v) is 7.47. The molecule has 1 aliphatic heterocycles. The van der Waals surface area contributed by atoms with Gasteiger partial charge in [-0.25, -0.2) is 0 Å². The molecule has 0 saturated carbocycles. The summed E-state index contributed by atoms with van der Waals surface area (Å²) in [6.07, 6.45) is 0.195. The Kier molecular flexibility index (Phi) is 5.43. The van der Waals surface area contributed by atoms with Crippen molar-refractivity contribution in [1.82, 2.24) is 16.2 Å². The minimum Gasteiger partial charge on any atom is -0.357 e. The first kappa shape index (κ1) is 18.2. The molecular formula is C17H24N4O2S. The summed E-state index contributed by atoms with van der Waals surface area (Å²) in [7, 11) is 0. The van der Waals surface area contributed by atoms with E-state index in [1.165, 1.54) is 0 Å². The highest BCUT2D eigenvalue weighted by molar-refractivity contribution is 7.80. The van der Waals surface area contributed by atoms with Gasteiger partial charge in [0, 0.05) is 24.2 Å². The third kappa shape index (κ3) is 4.92. The number of nitrogens with one attached hydrogen (secondary N) is 3. The molecule has 1 saturated heterocycles. The highest BCUT2D eigenvalue weighted by Crippen LogP contribution is 2.25. The first-order chi connectivity index (χ1) is 11.2. The van der Waals surface area contributed by atoms with E-state index in [1.807, 2.05) is 52.0 Å². The van der Waals surface area contributed by atoms with Crippen LogP contribution in [0.2, 0.25) is 0 Å². The molecule has 0 radical (unpaired) electrons. The third-order valence-corrected chi connectivity index (χ3v) is 3.83. The van der Waals surface area contributed by atoms with Crippen LogP contribution in [0.1, 0.15) is 32.8 Å². The van der Waals surface area contributed by atoms with Crippen molar-refractivity contribution < 1.29 is 9.59 Å². The average molecular weight is 348 g/mol. The van der Waals surface area contributed by atoms with E-state index in [0.717, 1.165) is 11.3 Å². The molecule has 2 rings (SSSR count). The lowest BCUT2D eigenvalue weighted by atomic mass is 10.1. The quantitative estimate of drug-likeness (QED) is 0.560. The summed E-state index contributed by atoms with van der Waals surface area (Å²) in [6, 6.07) is 7.70. The molecule has 0 aliphatic carbocycles. The fraction of sp³-hybridized carbons (Fsp3) is 0.471. The number of carbonyl (C=O) groups excluding carboxylic acids is 2. The molecule has 1 aromatic rings. The van der Waals surface area contributed by atoms with E-state index in [2.05, 4.69) is 16.2 Å². The second kappa shape index (κ2) is 7.17. The van der Waals surface area contributed by atoms with Gasteiger partial charge in [-0.1, -0.05) is 17.7 Å². The molecule has 6 nitrogen and oxygen atoms in total. The van der Waals surface area contributed by atoms with Crippen LogP contribution in [0.25, 0.3) is 0 Å². The lowest BCUT2D eigenvalue weighted by molar-refractivity contribution is -0.126. The van der Waals surface area contributed by atoms with Gasteiger partial charge in [0.1, 0.15) is 0 Å². The molecule has 0 aromatic heterocycles. The van der Waals surface area contributed by atoms with Gasteiger partial charge in [0.15, 0.2) is 5.11 Å². The zero-order valence-corrected chi connectivity index (χ0v) is 15.3. The number of hydrazine groups is 1. The maximum Gasteiger partial charge on any atom is 0.243 e. The molecule has 2 amide bonds. The molecule has 1 aromatic carbocycles. The Morgan fingerprint density at radius 2 is 1.83 bits per heavy atom. The van der Waals surface area contributed by atoms with Crippen LogP contribution in [-0.4, -0.2) is 29.0 Å². The van der Waals surface area contributed by atoms with Gasteiger partial charge in [-0.05, 0) is 52.0 Å². The Balaban J connectivity index is 1.89.